The quantitative estimate of drug-likeness (QED) is 0.158. The average Bonchev–Trinajstić information content (AvgIpc) is 4.10. The van der Waals surface area contributed by atoms with Crippen LogP contribution in [-0.4, -0.2) is 24.1 Å². The molecule has 5 heterocycles. The number of fused-ring (bicyclic) bond motifs is 14. The van der Waals surface area contributed by atoms with E-state index in [0.29, 0.717) is 23.0 Å². The van der Waals surface area contributed by atoms with Crippen LogP contribution in [0.2, 0.25) is 0 Å². The highest BCUT2D eigenvalue weighted by molar-refractivity contribution is 6.25. The highest BCUT2D eigenvalue weighted by atomic mass is 16.3. The van der Waals surface area contributed by atoms with Gasteiger partial charge < -0.3 is 18.0 Å². The van der Waals surface area contributed by atoms with Crippen molar-refractivity contribution < 1.29 is 8.83 Å². The lowest BCUT2D eigenvalue weighted by molar-refractivity contribution is 0.672. The molecule has 0 saturated carbocycles. The molecule has 0 amide bonds. The molecule has 5 aromatic heterocycles. The van der Waals surface area contributed by atoms with E-state index in [9.17, 15) is 5.26 Å². The van der Waals surface area contributed by atoms with Gasteiger partial charge in [0, 0.05) is 60.1 Å². The van der Waals surface area contributed by atoms with Gasteiger partial charge in [0.1, 0.15) is 22.3 Å². The summed E-state index contributed by atoms with van der Waals surface area (Å²) in [5.74, 6) is 1.67. The molecule has 362 valence electrons. The number of hydrogen-bond acceptors (Lipinski definition) is 6. The van der Waals surface area contributed by atoms with Crippen molar-refractivity contribution in [2.24, 2.45) is 0 Å². The van der Waals surface area contributed by atoms with E-state index in [4.69, 9.17) is 23.8 Å². The first kappa shape index (κ1) is 43.5. The van der Waals surface area contributed by atoms with Gasteiger partial charge >= 0.3 is 0 Å². The van der Waals surface area contributed by atoms with Crippen LogP contribution in [0.1, 0.15) is 5.56 Å². The Labute approximate surface area is 445 Å². The van der Waals surface area contributed by atoms with Crippen molar-refractivity contribution in [2.75, 3.05) is 0 Å². The van der Waals surface area contributed by atoms with Crippen molar-refractivity contribution in [2.45, 2.75) is 0 Å². The molecule has 0 radical (unpaired) electrons. The van der Waals surface area contributed by atoms with Crippen molar-refractivity contribution in [3.63, 3.8) is 0 Å². The summed E-state index contributed by atoms with van der Waals surface area (Å²) in [6, 6.07) is 86.1. The Morgan fingerprint density at radius 1 is 0.321 bits per heavy atom. The van der Waals surface area contributed by atoms with Gasteiger partial charge in [0.15, 0.2) is 17.5 Å². The fourth-order valence-electron chi connectivity index (χ4n) is 12.0. The van der Waals surface area contributed by atoms with Gasteiger partial charge in [0.05, 0.1) is 55.8 Å². The zero-order chi connectivity index (χ0) is 51.4. The number of aromatic nitrogens is 5. The highest BCUT2D eigenvalue weighted by Crippen LogP contribution is 2.47. The topological polar surface area (TPSA) is 98.6 Å². The van der Waals surface area contributed by atoms with E-state index in [1.807, 2.05) is 109 Å². The number of nitriles is 1. The molecule has 0 unspecified atom stereocenters. The lowest BCUT2D eigenvalue weighted by Gasteiger charge is -2.21. The summed E-state index contributed by atoms with van der Waals surface area (Å²) >= 11 is 0. The Kier molecular flexibility index (Phi) is 9.53. The first-order valence-corrected chi connectivity index (χ1v) is 26.0. The third kappa shape index (κ3) is 6.55. The Balaban J connectivity index is 1.05. The summed E-state index contributed by atoms with van der Waals surface area (Å²) in [5.41, 5.74) is 15.9. The van der Waals surface area contributed by atoms with Crippen molar-refractivity contribution in [1.82, 2.24) is 24.1 Å². The summed E-state index contributed by atoms with van der Waals surface area (Å²) in [6.45, 7) is 0. The van der Waals surface area contributed by atoms with Crippen LogP contribution in [-0.2, 0) is 0 Å². The molecule has 8 heteroatoms. The highest BCUT2D eigenvalue weighted by Gasteiger charge is 2.26. The summed E-state index contributed by atoms with van der Waals surface area (Å²) in [7, 11) is 0. The van der Waals surface area contributed by atoms with Gasteiger partial charge in [-0.25, -0.2) is 15.0 Å². The van der Waals surface area contributed by atoms with Gasteiger partial charge in [-0.05, 0) is 96.1 Å². The van der Waals surface area contributed by atoms with Gasteiger partial charge in [-0.15, -0.1) is 0 Å². The van der Waals surface area contributed by atoms with Crippen molar-refractivity contribution in [1.29, 1.82) is 5.26 Å². The lowest BCUT2D eigenvalue weighted by atomic mass is 9.93. The standard InChI is InChI=1S/C70H40N6O2/c71-41-46-21-7-8-22-47(46)44-31-35-58(75-56-27-13-9-25-52(56)64-60(75)37-33-50-48-23-11-15-29-62(48)77-66(50)64)54(39-44)55-40-45(70-73-68(42-17-3-1-4-18-42)72-69(74-70)43-19-5-2-6-20-43)32-36-59(55)76-57-28-14-10-26-53(57)65-61(76)38-34-51-49-24-12-16-30-63(49)78-67(51)65/h1-40H. The van der Waals surface area contributed by atoms with Crippen LogP contribution in [0.25, 0.3) is 155 Å². The average molecular weight is 997 g/mol. The summed E-state index contributed by atoms with van der Waals surface area (Å²) < 4.78 is 18.4. The van der Waals surface area contributed by atoms with Crippen LogP contribution < -0.4 is 0 Å². The van der Waals surface area contributed by atoms with E-state index in [1.54, 1.807) is 0 Å². The first-order chi connectivity index (χ1) is 38.6. The largest absolute Gasteiger partial charge is 0.455 e. The number of nitrogens with zero attached hydrogens (tertiary/aromatic N) is 6. The Bertz CT molecular complexity index is 5120. The second-order valence-electron chi connectivity index (χ2n) is 19.7. The van der Waals surface area contributed by atoms with Gasteiger partial charge in [-0.1, -0.05) is 158 Å². The third-order valence-electron chi connectivity index (χ3n) is 15.4. The van der Waals surface area contributed by atoms with E-state index in [1.165, 1.54) is 0 Å². The maximum Gasteiger partial charge on any atom is 0.164 e. The zero-order valence-corrected chi connectivity index (χ0v) is 41.6. The van der Waals surface area contributed by atoms with Crippen LogP contribution in [0.5, 0.6) is 0 Å². The SMILES string of the molecule is N#Cc1ccccc1-c1ccc(-n2c3ccccc3c3c4oc5ccccc5c4ccc32)c(-c2cc(-c3nc(-c4ccccc4)nc(-c4ccccc4)n3)ccc2-n2c3ccccc3c3c4oc5ccccc5c4ccc32)c1. The molecule has 0 saturated heterocycles. The van der Waals surface area contributed by atoms with E-state index >= 15 is 0 Å². The number of benzene rings is 11. The molecule has 78 heavy (non-hydrogen) atoms. The van der Waals surface area contributed by atoms with E-state index in [2.05, 4.69) is 149 Å². The maximum absolute atomic E-state index is 10.6. The second-order valence-corrected chi connectivity index (χ2v) is 19.7. The lowest BCUT2D eigenvalue weighted by Crippen LogP contribution is -2.04. The molecule has 0 spiro atoms. The van der Waals surface area contributed by atoms with Gasteiger partial charge in [0.25, 0.3) is 0 Å². The van der Waals surface area contributed by atoms with Crippen LogP contribution >= 0.6 is 0 Å². The summed E-state index contributed by atoms with van der Waals surface area (Å²) in [5, 5.41) is 19.1. The fraction of sp³-hybridized carbons (Fsp3) is 0. The molecule has 0 fully saturated rings. The van der Waals surface area contributed by atoms with Crippen LogP contribution in [0, 0.1) is 11.3 Å². The number of rotatable bonds is 7. The minimum absolute atomic E-state index is 0.526. The van der Waals surface area contributed by atoms with Crippen molar-refractivity contribution in [3.05, 3.63) is 248 Å². The van der Waals surface area contributed by atoms with Gasteiger partial charge in [-0.2, -0.15) is 5.26 Å². The molecular formula is C70H40N6O2. The normalized spacial score (nSPS) is 11.8. The van der Waals surface area contributed by atoms with Crippen LogP contribution in [0.15, 0.2) is 251 Å². The molecule has 0 bridgehead atoms. The Morgan fingerprint density at radius 3 is 1.27 bits per heavy atom. The zero-order valence-electron chi connectivity index (χ0n) is 41.6. The number of hydrogen-bond donors (Lipinski definition) is 0. The Morgan fingerprint density at radius 2 is 0.744 bits per heavy atom. The molecule has 11 aromatic carbocycles. The van der Waals surface area contributed by atoms with Gasteiger partial charge in [-0.3, -0.25) is 0 Å². The van der Waals surface area contributed by atoms with E-state index < -0.39 is 0 Å². The summed E-state index contributed by atoms with van der Waals surface area (Å²) in [4.78, 5) is 15.6. The Hall–Kier alpha value is -10.9. The predicted octanol–water partition coefficient (Wildman–Crippen LogP) is 18.1. The number of furan rings is 2. The predicted molar refractivity (Wildman–Crippen MR) is 315 cm³/mol. The number of para-hydroxylation sites is 4. The van der Waals surface area contributed by atoms with Crippen LogP contribution in [0.4, 0.5) is 0 Å². The van der Waals surface area contributed by atoms with E-state index in [0.717, 1.165) is 138 Å². The molecule has 16 aromatic rings. The fourth-order valence-corrected chi connectivity index (χ4v) is 12.0. The van der Waals surface area contributed by atoms with E-state index in [-0.39, 0.29) is 0 Å². The van der Waals surface area contributed by atoms with Gasteiger partial charge in [0.2, 0.25) is 0 Å². The second kappa shape index (κ2) is 17.1. The molecular weight excluding hydrogens is 957 g/mol. The van der Waals surface area contributed by atoms with Crippen molar-refractivity contribution in [3.8, 4) is 73.9 Å². The monoisotopic (exact) mass is 996 g/mol. The molecule has 8 nitrogen and oxygen atoms in total. The smallest absolute Gasteiger partial charge is 0.164 e. The minimum atomic E-state index is 0.526. The molecule has 0 aliphatic carbocycles. The molecule has 0 aliphatic rings. The van der Waals surface area contributed by atoms with Crippen LogP contribution in [0.3, 0.4) is 0 Å². The third-order valence-corrected chi connectivity index (χ3v) is 15.4. The molecule has 16 rings (SSSR count). The summed E-state index contributed by atoms with van der Waals surface area (Å²) in [6.07, 6.45) is 0. The molecule has 0 atom stereocenters. The first-order valence-electron chi connectivity index (χ1n) is 26.0. The molecule has 0 aliphatic heterocycles. The maximum atomic E-state index is 10.6. The minimum Gasteiger partial charge on any atom is -0.455 e. The molecule has 0 N–H and O–H groups in total. The van der Waals surface area contributed by atoms with Crippen molar-refractivity contribution >= 4 is 87.5 Å².